The molecule has 4 nitrogen and oxygen atoms in total. The average molecular weight is 217 g/mol. The van der Waals surface area contributed by atoms with Gasteiger partial charge >= 0.3 is 5.97 Å². The van der Waals surface area contributed by atoms with E-state index in [0.29, 0.717) is 10.3 Å². The number of aromatic nitrogens is 2. The molecule has 0 aliphatic carbocycles. The maximum atomic E-state index is 10.2. The van der Waals surface area contributed by atoms with Crippen LogP contribution in [0.2, 0.25) is 0 Å². The van der Waals surface area contributed by atoms with Crippen LogP contribution in [0.25, 0.3) is 0 Å². The summed E-state index contributed by atoms with van der Waals surface area (Å²) in [6.07, 6.45) is -0.0831. The Labute approximate surface area is 71.4 Å². The van der Waals surface area contributed by atoms with Crippen molar-refractivity contribution in [1.82, 2.24) is 10.2 Å². The minimum atomic E-state index is -0.901. The molecule has 0 aromatic carbocycles. The van der Waals surface area contributed by atoms with E-state index in [2.05, 4.69) is 26.1 Å². The molecule has 1 aromatic rings. The molecule has 0 aliphatic heterocycles. The molecule has 0 spiro atoms. The van der Waals surface area contributed by atoms with Crippen molar-refractivity contribution in [3.8, 4) is 0 Å². The van der Waals surface area contributed by atoms with E-state index in [4.69, 9.17) is 5.11 Å². The van der Waals surface area contributed by atoms with Gasteiger partial charge in [-0.15, -0.1) is 5.10 Å². The van der Waals surface area contributed by atoms with Crippen LogP contribution in [0.5, 0.6) is 0 Å². The third-order valence-electron chi connectivity index (χ3n) is 1.02. The largest absolute Gasteiger partial charge is 0.481 e. The highest BCUT2D eigenvalue weighted by Crippen LogP contribution is 2.03. The molecule has 0 aliphatic rings. The fourth-order valence-electron chi connectivity index (χ4n) is 0.593. The van der Waals surface area contributed by atoms with Crippen molar-refractivity contribution in [3.63, 3.8) is 0 Å². The van der Waals surface area contributed by atoms with Crippen LogP contribution in [0.3, 0.4) is 0 Å². The van der Waals surface area contributed by atoms with Crippen molar-refractivity contribution in [2.75, 3.05) is 0 Å². The van der Waals surface area contributed by atoms with E-state index in [1.807, 2.05) is 0 Å². The topological polar surface area (TPSA) is 63.1 Å². The Morgan fingerprint density at radius 1 is 1.55 bits per heavy atom. The molecule has 0 bridgehead atoms. The molecule has 1 aromatic heterocycles. The summed E-state index contributed by atoms with van der Waals surface area (Å²) in [6, 6.07) is 3.27. The molecule has 58 valence electrons. The Balaban J connectivity index is 2.74. The van der Waals surface area contributed by atoms with Gasteiger partial charge in [-0.3, -0.25) is 4.79 Å². The third kappa shape index (κ3) is 2.63. The fraction of sp³-hybridized carbons (Fsp3) is 0.167. The summed E-state index contributed by atoms with van der Waals surface area (Å²) in [5.41, 5.74) is 0.459. The van der Waals surface area contributed by atoms with Gasteiger partial charge in [-0.1, -0.05) is 0 Å². The van der Waals surface area contributed by atoms with Crippen LogP contribution in [-0.4, -0.2) is 21.3 Å². The van der Waals surface area contributed by atoms with Gasteiger partial charge in [0.15, 0.2) is 0 Å². The molecule has 0 saturated heterocycles. The number of carboxylic acids is 1. The van der Waals surface area contributed by atoms with Crippen LogP contribution < -0.4 is 0 Å². The number of hydrogen-bond acceptors (Lipinski definition) is 3. The number of carboxylic acid groups (broad SMARTS) is 1. The second kappa shape index (κ2) is 3.43. The van der Waals surface area contributed by atoms with Crippen molar-refractivity contribution in [3.05, 3.63) is 22.4 Å². The lowest BCUT2D eigenvalue weighted by atomic mass is 10.3. The van der Waals surface area contributed by atoms with Gasteiger partial charge in [0.1, 0.15) is 4.60 Å². The van der Waals surface area contributed by atoms with Crippen molar-refractivity contribution < 1.29 is 9.90 Å². The van der Waals surface area contributed by atoms with Gasteiger partial charge < -0.3 is 5.11 Å². The van der Waals surface area contributed by atoms with Crippen LogP contribution in [0.4, 0.5) is 0 Å². The Morgan fingerprint density at radius 2 is 2.27 bits per heavy atom. The first-order valence-corrected chi connectivity index (χ1v) is 3.67. The van der Waals surface area contributed by atoms with Crippen LogP contribution in [0, 0.1) is 0 Å². The molecule has 0 unspecified atom stereocenters. The molecule has 0 atom stereocenters. The highest BCUT2D eigenvalue weighted by molar-refractivity contribution is 9.10. The summed E-state index contributed by atoms with van der Waals surface area (Å²) in [6.45, 7) is 0. The average Bonchev–Trinajstić information content (AvgIpc) is 1.93. The molecule has 1 N–H and O–H groups in total. The number of aliphatic carboxylic acids is 1. The minimum absolute atomic E-state index is 0.0831. The van der Waals surface area contributed by atoms with Crippen LogP contribution in [-0.2, 0) is 11.2 Å². The number of hydrogen-bond donors (Lipinski definition) is 1. The summed E-state index contributed by atoms with van der Waals surface area (Å²) in [4.78, 5) is 10.2. The van der Waals surface area contributed by atoms with E-state index in [1.165, 1.54) is 0 Å². The van der Waals surface area contributed by atoms with E-state index in [0.717, 1.165) is 0 Å². The van der Waals surface area contributed by atoms with E-state index < -0.39 is 5.97 Å². The summed E-state index contributed by atoms with van der Waals surface area (Å²) in [5, 5.41) is 15.6. The second-order valence-electron chi connectivity index (χ2n) is 1.92. The Kier molecular flexibility index (Phi) is 2.53. The van der Waals surface area contributed by atoms with Crippen LogP contribution in [0.15, 0.2) is 16.7 Å². The third-order valence-corrected chi connectivity index (χ3v) is 1.44. The first kappa shape index (κ1) is 8.13. The Bertz CT molecular complexity index is 260. The molecule has 5 heteroatoms. The highest BCUT2D eigenvalue weighted by atomic mass is 79.9. The van der Waals surface area contributed by atoms with Gasteiger partial charge in [0.25, 0.3) is 0 Å². The SMILES string of the molecule is O=C(O)Cc1ccc(Br)nn1. The number of nitrogens with zero attached hydrogens (tertiary/aromatic N) is 2. The Hall–Kier alpha value is -0.970. The van der Waals surface area contributed by atoms with E-state index in [1.54, 1.807) is 12.1 Å². The van der Waals surface area contributed by atoms with Gasteiger partial charge in [-0.05, 0) is 28.1 Å². The molecule has 1 rings (SSSR count). The maximum Gasteiger partial charge on any atom is 0.309 e. The molecule has 0 radical (unpaired) electrons. The van der Waals surface area contributed by atoms with Gasteiger partial charge in [-0.2, -0.15) is 5.10 Å². The molecular formula is C6H5BrN2O2. The predicted molar refractivity (Wildman–Crippen MR) is 41.1 cm³/mol. The maximum absolute atomic E-state index is 10.2. The lowest BCUT2D eigenvalue weighted by Crippen LogP contribution is -2.02. The molecule has 1 heterocycles. The van der Waals surface area contributed by atoms with E-state index >= 15 is 0 Å². The monoisotopic (exact) mass is 216 g/mol. The smallest absolute Gasteiger partial charge is 0.309 e. The molecular weight excluding hydrogens is 212 g/mol. The van der Waals surface area contributed by atoms with Crippen molar-refractivity contribution in [2.24, 2.45) is 0 Å². The number of rotatable bonds is 2. The second-order valence-corrected chi connectivity index (χ2v) is 2.73. The summed E-state index contributed by atoms with van der Waals surface area (Å²) in [5.74, 6) is -0.901. The van der Waals surface area contributed by atoms with Gasteiger partial charge in [0, 0.05) is 0 Å². The molecule has 0 saturated carbocycles. The first-order chi connectivity index (χ1) is 5.18. The highest BCUT2D eigenvalue weighted by Gasteiger charge is 2.00. The van der Waals surface area contributed by atoms with E-state index in [-0.39, 0.29) is 6.42 Å². The van der Waals surface area contributed by atoms with Crippen LogP contribution >= 0.6 is 15.9 Å². The standard InChI is InChI=1S/C6H5BrN2O2/c7-5-2-1-4(8-9-5)3-6(10)11/h1-2H,3H2,(H,10,11). The van der Waals surface area contributed by atoms with Gasteiger partial charge in [0.2, 0.25) is 0 Å². The zero-order valence-corrected chi connectivity index (χ0v) is 7.08. The van der Waals surface area contributed by atoms with Gasteiger partial charge in [0.05, 0.1) is 12.1 Å². The lowest BCUT2D eigenvalue weighted by molar-refractivity contribution is -0.136. The van der Waals surface area contributed by atoms with Crippen molar-refractivity contribution in [2.45, 2.75) is 6.42 Å². The minimum Gasteiger partial charge on any atom is -0.481 e. The van der Waals surface area contributed by atoms with Crippen molar-refractivity contribution in [1.29, 1.82) is 0 Å². The van der Waals surface area contributed by atoms with E-state index in [9.17, 15) is 4.79 Å². The molecule has 0 fully saturated rings. The lowest BCUT2D eigenvalue weighted by Gasteiger charge is -1.92. The van der Waals surface area contributed by atoms with Crippen LogP contribution in [0.1, 0.15) is 5.69 Å². The van der Waals surface area contributed by atoms with Gasteiger partial charge in [-0.25, -0.2) is 0 Å². The Morgan fingerprint density at radius 3 is 2.73 bits per heavy atom. The number of carbonyl (C=O) groups is 1. The number of halogens is 1. The van der Waals surface area contributed by atoms with Crippen molar-refractivity contribution >= 4 is 21.9 Å². The first-order valence-electron chi connectivity index (χ1n) is 2.88. The molecule has 0 amide bonds. The quantitative estimate of drug-likeness (QED) is 0.798. The summed E-state index contributed by atoms with van der Waals surface area (Å²) >= 11 is 3.09. The zero-order valence-electron chi connectivity index (χ0n) is 5.49. The summed E-state index contributed by atoms with van der Waals surface area (Å²) < 4.78 is 0.603. The zero-order chi connectivity index (χ0) is 8.27. The molecule has 11 heavy (non-hydrogen) atoms. The summed E-state index contributed by atoms with van der Waals surface area (Å²) in [7, 11) is 0. The predicted octanol–water partition coefficient (Wildman–Crippen LogP) is 0.866. The fourth-order valence-corrected chi connectivity index (χ4v) is 0.804. The normalized spacial score (nSPS) is 9.55.